The molecule has 1 rings (SSSR count). The van der Waals surface area contributed by atoms with Crippen molar-refractivity contribution in [3.63, 3.8) is 0 Å². The molecule has 0 spiro atoms. The third-order valence-corrected chi connectivity index (χ3v) is 4.84. The number of aryl methyl sites for hydroxylation is 1. The fourth-order valence-electron chi connectivity index (χ4n) is 2.24. The molecule has 4 heteroatoms. The SMILES string of the molecule is Cc1ccc(NC(=O)CCC(CCN)C(C)C)cc1I. The van der Waals surface area contributed by atoms with Gasteiger partial charge in [-0.3, -0.25) is 4.79 Å². The lowest BCUT2D eigenvalue weighted by Gasteiger charge is -2.19. The minimum Gasteiger partial charge on any atom is -0.330 e. The second-order valence-corrected chi connectivity index (χ2v) is 6.79. The van der Waals surface area contributed by atoms with Gasteiger partial charge >= 0.3 is 0 Å². The van der Waals surface area contributed by atoms with Crippen molar-refractivity contribution in [2.24, 2.45) is 17.6 Å². The second kappa shape index (κ2) is 8.62. The molecule has 0 radical (unpaired) electrons. The van der Waals surface area contributed by atoms with E-state index < -0.39 is 0 Å². The Labute approximate surface area is 135 Å². The number of nitrogens with two attached hydrogens (primary N) is 1. The molecule has 112 valence electrons. The second-order valence-electron chi connectivity index (χ2n) is 5.63. The number of carbonyl (C=O) groups is 1. The Kier molecular flexibility index (Phi) is 7.51. The van der Waals surface area contributed by atoms with Crippen molar-refractivity contribution in [1.82, 2.24) is 0 Å². The number of amides is 1. The summed E-state index contributed by atoms with van der Waals surface area (Å²) in [4.78, 5) is 12.0. The van der Waals surface area contributed by atoms with Gasteiger partial charge in [0.05, 0.1) is 0 Å². The highest BCUT2D eigenvalue weighted by Crippen LogP contribution is 2.21. The van der Waals surface area contributed by atoms with Crippen LogP contribution < -0.4 is 11.1 Å². The van der Waals surface area contributed by atoms with Crippen LogP contribution in [0.4, 0.5) is 5.69 Å². The van der Waals surface area contributed by atoms with Crippen molar-refractivity contribution in [2.75, 3.05) is 11.9 Å². The number of hydrogen-bond donors (Lipinski definition) is 2. The zero-order valence-corrected chi connectivity index (χ0v) is 14.7. The first-order chi connectivity index (χ1) is 9.43. The zero-order chi connectivity index (χ0) is 15.1. The van der Waals surface area contributed by atoms with Crippen molar-refractivity contribution in [3.8, 4) is 0 Å². The maximum atomic E-state index is 12.0. The largest absolute Gasteiger partial charge is 0.330 e. The zero-order valence-electron chi connectivity index (χ0n) is 12.6. The highest BCUT2D eigenvalue weighted by Gasteiger charge is 2.14. The Morgan fingerprint density at radius 3 is 2.60 bits per heavy atom. The highest BCUT2D eigenvalue weighted by molar-refractivity contribution is 14.1. The molecule has 3 nitrogen and oxygen atoms in total. The fourth-order valence-corrected chi connectivity index (χ4v) is 2.75. The third-order valence-electron chi connectivity index (χ3n) is 3.68. The smallest absolute Gasteiger partial charge is 0.224 e. The molecule has 0 aromatic heterocycles. The lowest BCUT2D eigenvalue weighted by molar-refractivity contribution is -0.116. The van der Waals surface area contributed by atoms with E-state index in [1.165, 1.54) is 9.13 Å². The number of nitrogens with one attached hydrogen (secondary N) is 1. The van der Waals surface area contributed by atoms with Gasteiger partial charge in [-0.25, -0.2) is 0 Å². The van der Waals surface area contributed by atoms with Gasteiger partial charge in [-0.1, -0.05) is 19.9 Å². The van der Waals surface area contributed by atoms with Gasteiger partial charge in [-0.05, 0) is 78.4 Å². The summed E-state index contributed by atoms with van der Waals surface area (Å²) in [5.74, 6) is 1.20. The Bertz CT molecular complexity index is 446. The molecule has 0 heterocycles. The maximum Gasteiger partial charge on any atom is 0.224 e. The number of halogens is 1. The van der Waals surface area contributed by atoms with Crippen LogP contribution in [-0.4, -0.2) is 12.5 Å². The molecule has 3 N–H and O–H groups in total. The summed E-state index contributed by atoms with van der Waals surface area (Å²) in [5.41, 5.74) is 7.73. The van der Waals surface area contributed by atoms with E-state index in [1.54, 1.807) is 0 Å². The van der Waals surface area contributed by atoms with Gasteiger partial charge in [0.15, 0.2) is 0 Å². The van der Waals surface area contributed by atoms with Gasteiger partial charge in [-0.2, -0.15) is 0 Å². The number of carbonyl (C=O) groups excluding carboxylic acids is 1. The Morgan fingerprint density at radius 1 is 1.35 bits per heavy atom. The molecule has 0 aliphatic carbocycles. The van der Waals surface area contributed by atoms with Gasteiger partial charge < -0.3 is 11.1 Å². The predicted octanol–water partition coefficient (Wildman–Crippen LogP) is 3.94. The van der Waals surface area contributed by atoms with E-state index in [4.69, 9.17) is 5.73 Å². The molecular weight excluding hydrogens is 363 g/mol. The number of benzene rings is 1. The summed E-state index contributed by atoms with van der Waals surface area (Å²) in [7, 11) is 0. The van der Waals surface area contributed by atoms with Gasteiger partial charge in [0.25, 0.3) is 0 Å². The van der Waals surface area contributed by atoms with Gasteiger partial charge in [0, 0.05) is 15.7 Å². The van der Waals surface area contributed by atoms with Crippen molar-refractivity contribution >= 4 is 34.2 Å². The van der Waals surface area contributed by atoms with Crippen LogP contribution in [-0.2, 0) is 4.79 Å². The first-order valence-corrected chi connectivity index (χ1v) is 8.28. The molecule has 20 heavy (non-hydrogen) atoms. The average molecular weight is 388 g/mol. The van der Waals surface area contributed by atoms with Crippen LogP contribution in [0.2, 0.25) is 0 Å². The summed E-state index contributed by atoms with van der Waals surface area (Å²) >= 11 is 2.28. The number of anilines is 1. The quantitative estimate of drug-likeness (QED) is 0.696. The lowest BCUT2D eigenvalue weighted by atomic mass is 9.88. The first kappa shape index (κ1) is 17.4. The van der Waals surface area contributed by atoms with Crippen LogP contribution in [0.15, 0.2) is 18.2 Å². The summed E-state index contributed by atoms with van der Waals surface area (Å²) in [6.45, 7) is 7.15. The number of hydrogen-bond acceptors (Lipinski definition) is 2. The normalized spacial score (nSPS) is 12.5. The molecule has 0 aliphatic heterocycles. The predicted molar refractivity (Wildman–Crippen MR) is 93.8 cm³/mol. The average Bonchev–Trinajstić information content (AvgIpc) is 2.38. The summed E-state index contributed by atoms with van der Waals surface area (Å²) in [6.07, 6.45) is 2.46. The van der Waals surface area contributed by atoms with Crippen LogP contribution in [0.1, 0.15) is 38.7 Å². The molecular formula is C16H25IN2O. The van der Waals surface area contributed by atoms with E-state index in [2.05, 4.69) is 48.7 Å². The molecule has 1 amide bonds. The molecule has 1 aromatic rings. The maximum absolute atomic E-state index is 12.0. The van der Waals surface area contributed by atoms with Crippen LogP contribution >= 0.6 is 22.6 Å². The van der Waals surface area contributed by atoms with Crippen LogP contribution in [0.25, 0.3) is 0 Å². The monoisotopic (exact) mass is 388 g/mol. The highest BCUT2D eigenvalue weighted by atomic mass is 127. The molecule has 0 saturated carbocycles. The van der Waals surface area contributed by atoms with E-state index in [9.17, 15) is 4.79 Å². The van der Waals surface area contributed by atoms with E-state index in [0.717, 1.165) is 18.5 Å². The van der Waals surface area contributed by atoms with Crippen LogP contribution in [0.3, 0.4) is 0 Å². The minimum absolute atomic E-state index is 0.0901. The van der Waals surface area contributed by atoms with Crippen LogP contribution in [0.5, 0.6) is 0 Å². The van der Waals surface area contributed by atoms with Gasteiger partial charge in [-0.15, -0.1) is 0 Å². The van der Waals surface area contributed by atoms with Crippen molar-refractivity contribution in [1.29, 1.82) is 0 Å². The van der Waals surface area contributed by atoms with Gasteiger partial charge in [0.2, 0.25) is 5.91 Å². The molecule has 0 bridgehead atoms. The van der Waals surface area contributed by atoms with Crippen molar-refractivity contribution in [2.45, 2.75) is 40.0 Å². The van der Waals surface area contributed by atoms with E-state index in [1.807, 2.05) is 18.2 Å². The first-order valence-electron chi connectivity index (χ1n) is 7.20. The minimum atomic E-state index is 0.0901. The Balaban J connectivity index is 2.48. The van der Waals surface area contributed by atoms with Gasteiger partial charge in [0.1, 0.15) is 0 Å². The van der Waals surface area contributed by atoms with Crippen molar-refractivity contribution in [3.05, 3.63) is 27.3 Å². The van der Waals surface area contributed by atoms with Crippen LogP contribution in [0, 0.1) is 22.3 Å². The molecule has 1 unspecified atom stereocenters. The van der Waals surface area contributed by atoms with E-state index >= 15 is 0 Å². The fraction of sp³-hybridized carbons (Fsp3) is 0.562. The molecule has 1 aromatic carbocycles. The van der Waals surface area contributed by atoms with Crippen molar-refractivity contribution < 1.29 is 4.79 Å². The molecule has 0 fully saturated rings. The molecule has 0 aliphatic rings. The topological polar surface area (TPSA) is 55.1 Å². The summed E-state index contributed by atoms with van der Waals surface area (Å²) in [5, 5.41) is 2.97. The Morgan fingerprint density at radius 2 is 2.05 bits per heavy atom. The summed E-state index contributed by atoms with van der Waals surface area (Å²) in [6, 6.07) is 5.99. The lowest BCUT2D eigenvalue weighted by Crippen LogP contribution is -2.18. The Hall–Kier alpha value is -0.620. The molecule has 1 atom stereocenters. The van der Waals surface area contributed by atoms with E-state index in [0.29, 0.717) is 24.8 Å². The summed E-state index contributed by atoms with van der Waals surface area (Å²) < 4.78 is 1.17. The number of rotatable bonds is 7. The third kappa shape index (κ3) is 5.79. The standard InChI is InChI=1S/C16H25IN2O/c1-11(2)13(8-9-18)5-7-16(20)19-14-6-4-12(3)15(17)10-14/h4,6,10-11,13H,5,7-9,18H2,1-3H3,(H,19,20). The van der Waals surface area contributed by atoms with E-state index in [-0.39, 0.29) is 5.91 Å². The molecule has 0 saturated heterocycles.